The van der Waals surface area contributed by atoms with Crippen LogP contribution in [0.1, 0.15) is 16.8 Å². The van der Waals surface area contributed by atoms with E-state index in [0.717, 1.165) is 11.8 Å². The SMILES string of the molecule is Cc1nn(C)c(Cl)c1COc1ccc(C#N)cc1F. The molecule has 4 nitrogen and oxygen atoms in total. The van der Waals surface area contributed by atoms with Crippen LogP contribution in [0.3, 0.4) is 0 Å². The number of nitrogens with zero attached hydrogens (tertiary/aromatic N) is 3. The number of aryl methyl sites for hydroxylation is 2. The number of hydrogen-bond acceptors (Lipinski definition) is 3. The average molecular weight is 280 g/mol. The van der Waals surface area contributed by atoms with Gasteiger partial charge in [-0.2, -0.15) is 10.4 Å². The van der Waals surface area contributed by atoms with Gasteiger partial charge in [0.2, 0.25) is 0 Å². The van der Waals surface area contributed by atoms with E-state index in [1.54, 1.807) is 14.0 Å². The Morgan fingerprint density at radius 2 is 2.26 bits per heavy atom. The standard InChI is InChI=1S/C13H11ClFN3O/c1-8-10(13(14)18(2)17-8)7-19-12-4-3-9(6-16)5-11(12)15/h3-5H,7H2,1-2H3. The molecule has 0 radical (unpaired) electrons. The molecule has 0 atom stereocenters. The Kier molecular flexibility index (Phi) is 3.72. The fraction of sp³-hybridized carbons (Fsp3) is 0.231. The van der Waals surface area contributed by atoms with Crippen molar-refractivity contribution in [3.8, 4) is 11.8 Å². The second kappa shape index (κ2) is 5.29. The molecule has 0 fully saturated rings. The molecule has 1 heterocycles. The van der Waals surface area contributed by atoms with E-state index in [9.17, 15) is 4.39 Å². The van der Waals surface area contributed by atoms with Crippen LogP contribution in [0.4, 0.5) is 4.39 Å². The van der Waals surface area contributed by atoms with Gasteiger partial charge in [-0.3, -0.25) is 4.68 Å². The topological polar surface area (TPSA) is 50.8 Å². The summed E-state index contributed by atoms with van der Waals surface area (Å²) in [5.74, 6) is -0.491. The van der Waals surface area contributed by atoms with Crippen LogP contribution in [0, 0.1) is 24.1 Å². The Morgan fingerprint density at radius 3 is 2.79 bits per heavy atom. The molecule has 0 aliphatic carbocycles. The van der Waals surface area contributed by atoms with Crippen molar-refractivity contribution >= 4 is 11.6 Å². The molecule has 2 rings (SSSR count). The molecular formula is C13H11ClFN3O. The monoisotopic (exact) mass is 279 g/mol. The van der Waals surface area contributed by atoms with Crippen LogP contribution in [-0.4, -0.2) is 9.78 Å². The van der Waals surface area contributed by atoms with Gasteiger partial charge in [-0.25, -0.2) is 4.39 Å². The Balaban J connectivity index is 2.17. The van der Waals surface area contributed by atoms with Gasteiger partial charge in [-0.05, 0) is 25.1 Å². The number of benzene rings is 1. The Labute approximate surface area is 115 Å². The van der Waals surface area contributed by atoms with Crippen molar-refractivity contribution < 1.29 is 9.13 Å². The van der Waals surface area contributed by atoms with Crippen molar-refractivity contribution in [3.05, 3.63) is 46.0 Å². The maximum Gasteiger partial charge on any atom is 0.166 e. The zero-order valence-corrected chi connectivity index (χ0v) is 11.2. The van der Waals surface area contributed by atoms with Crippen molar-refractivity contribution in [2.24, 2.45) is 7.05 Å². The normalized spacial score (nSPS) is 10.3. The fourth-order valence-electron chi connectivity index (χ4n) is 1.68. The van der Waals surface area contributed by atoms with E-state index in [2.05, 4.69) is 5.10 Å². The first-order valence-electron chi connectivity index (χ1n) is 5.53. The van der Waals surface area contributed by atoms with E-state index < -0.39 is 5.82 Å². The van der Waals surface area contributed by atoms with Crippen molar-refractivity contribution in [1.82, 2.24) is 9.78 Å². The quantitative estimate of drug-likeness (QED) is 0.868. The summed E-state index contributed by atoms with van der Waals surface area (Å²) >= 11 is 6.05. The summed E-state index contributed by atoms with van der Waals surface area (Å²) in [5, 5.41) is 13.3. The third-order valence-electron chi connectivity index (χ3n) is 2.70. The number of rotatable bonds is 3. The number of aromatic nitrogens is 2. The van der Waals surface area contributed by atoms with Crippen LogP contribution in [0.25, 0.3) is 0 Å². The first kappa shape index (κ1) is 13.4. The molecule has 0 aliphatic heterocycles. The van der Waals surface area contributed by atoms with Gasteiger partial charge in [-0.15, -0.1) is 0 Å². The lowest BCUT2D eigenvalue weighted by Gasteiger charge is -2.07. The minimum Gasteiger partial charge on any atom is -0.486 e. The summed E-state index contributed by atoms with van der Waals surface area (Å²) in [4.78, 5) is 0. The van der Waals surface area contributed by atoms with Crippen molar-refractivity contribution in [2.75, 3.05) is 0 Å². The predicted molar refractivity (Wildman–Crippen MR) is 68.4 cm³/mol. The summed E-state index contributed by atoms with van der Waals surface area (Å²) in [6, 6.07) is 5.91. The summed E-state index contributed by atoms with van der Waals surface area (Å²) in [6.45, 7) is 1.93. The second-order valence-electron chi connectivity index (χ2n) is 4.02. The fourth-order valence-corrected chi connectivity index (χ4v) is 1.90. The highest BCUT2D eigenvalue weighted by molar-refractivity contribution is 6.30. The second-order valence-corrected chi connectivity index (χ2v) is 4.38. The lowest BCUT2D eigenvalue weighted by atomic mass is 10.2. The molecule has 0 saturated heterocycles. The molecule has 2 aromatic rings. The van der Waals surface area contributed by atoms with Crippen molar-refractivity contribution in [3.63, 3.8) is 0 Å². The van der Waals surface area contributed by atoms with Crippen LogP contribution in [0.15, 0.2) is 18.2 Å². The largest absolute Gasteiger partial charge is 0.486 e. The highest BCUT2D eigenvalue weighted by atomic mass is 35.5. The zero-order valence-electron chi connectivity index (χ0n) is 10.4. The summed E-state index contributed by atoms with van der Waals surface area (Å²) < 4.78 is 20.5. The molecule has 0 N–H and O–H groups in total. The first-order valence-corrected chi connectivity index (χ1v) is 5.91. The van der Waals surface area contributed by atoms with Crippen LogP contribution in [0.2, 0.25) is 5.15 Å². The third-order valence-corrected chi connectivity index (χ3v) is 3.18. The average Bonchev–Trinajstić information content (AvgIpc) is 2.62. The number of hydrogen-bond donors (Lipinski definition) is 0. The van der Waals surface area contributed by atoms with Gasteiger partial charge in [-0.1, -0.05) is 11.6 Å². The van der Waals surface area contributed by atoms with E-state index in [0.29, 0.717) is 10.7 Å². The van der Waals surface area contributed by atoms with Gasteiger partial charge < -0.3 is 4.74 Å². The molecule has 0 aliphatic rings. The van der Waals surface area contributed by atoms with E-state index in [-0.39, 0.29) is 17.9 Å². The molecule has 0 spiro atoms. The maximum absolute atomic E-state index is 13.6. The third kappa shape index (κ3) is 2.69. The van der Waals surface area contributed by atoms with E-state index in [4.69, 9.17) is 21.6 Å². The van der Waals surface area contributed by atoms with E-state index >= 15 is 0 Å². The molecule has 6 heteroatoms. The minimum atomic E-state index is -0.572. The molecule has 1 aromatic carbocycles. The molecule has 0 bridgehead atoms. The minimum absolute atomic E-state index is 0.0818. The molecule has 0 amide bonds. The molecule has 98 valence electrons. The Bertz CT molecular complexity index is 661. The van der Waals surface area contributed by atoms with Crippen molar-refractivity contribution in [1.29, 1.82) is 5.26 Å². The summed E-state index contributed by atoms with van der Waals surface area (Å²) in [7, 11) is 1.72. The van der Waals surface area contributed by atoms with Gasteiger partial charge >= 0.3 is 0 Å². The zero-order chi connectivity index (χ0) is 14.0. The van der Waals surface area contributed by atoms with E-state index in [1.807, 2.05) is 6.07 Å². The van der Waals surface area contributed by atoms with Gasteiger partial charge in [0.05, 0.1) is 17.3 Å². The molecule has 0 saturated carbocycles. The molecule has 0 unspecified atom stereocenters. The Morgan fingerprint density at radius 1 is 1.53 bits per heavy atom. The lowest BCUT2D eigenvalue weighted by molar-refractivity contribution is 0.289. The van der Waals surface area contributed by atoms with Crippen LogP contribution in [0.5, 0.6) is 5.75 Å². The number of halogens is 2. The highest BCUT2D eigenvalue weighted by Crippen LogP contribution is 2.23. The van der Waals surface area contributed by atoms with Gasteiger partial charge in [0.15, 0.2) is 11.6 Å². The Hall–Kier alpha value is -2.06. The van der Waals surface area contributed by atoms with E-state index in [1.165, 1.54) is 16.8 Å². The van der Waals surface area contributed by atoms with Crippen LogP contribution >= 0.6 is 11.6 Å². The highest BCUT2D eigenvalue weighted by Gasteiger charge is 2.13. The smallest absolute Gasteiger partial charge is 0.166 e. The van der Waals surface area contributed by atoms with Gasteiger partial charge in [0, 0.05) is 12.6 Å². The number of ether oxygens (including phenoxy) is 1. The lowest BCUT2D eigenvalue weighted by Crippen LogP contribution is -1.99. The molecule has 19 heavy (non-hydrogen) atoms. The first-order chi connectivity index (χ1) is 9.02. The molecular weight excluding hydrogens is 269 g/mol. The van der Waals surface area contributed by atoms with Gasteiger partial charge in [0.1, 0.15) is 11.8 Å². The number of nitriles is 1. The summed E-state index contributed by atoms with van der Waals surface area (Å²) in [5.41, 5.74) is 1.70. The molecule has 1 aromatic heterocycles. The predicted octanol–water partition coefficient (Wildman–Crippen LogP) is 2.97. The maximum atomic E-state index is 13.6. The van der Waals surface area contributed by atoms with Crippen LogP contribution < -0.4 is 4.74 Å². The van der Waals surface area contributed by atoms with Gasteiger partial charge in [0.25, 0.3) is 0 Å². The summed E-state index contributed by atoms with van der Waals surface area (Å²) in [6.07, 6.45) is 0. The van der Waals surface area contributed by atoms with Crippen LogP contribution in [-0.2, 0) is 13.7 Å². The van der Waals surface area contributed by atoms with Crippen molar-refractivity contribution in [2.45, 2.75) is 13.5 Å².